The third-order valence-electron chi connectivity index (χ3n) is 5.02. The zero-order chi connectivity index (χ0) is 19.1. The van der Waals surface area contributed by atoms with E-state index in [1.165, 1.54) is 0 Å². The van der Waals surface area contributed by atoms with Gasteiger partial charge in [-0.1, -0.05) is 6.92 Å². The van der Waals surface area contributed by atoms with Gasteiger partial charge in [-0.15, -0.1) is 12.4 Å². The molecular formula is C20H34ClNO5. The molecule has 0 bridgehead atoms. The van der Waals surface area contributed by atoms with E-state index in [-0.39, 0.29) is 37.6 Å². The van der Waals surface area contributed by atoms with Crippen LogP contribution in [0.2, 0.25) is 0 Å². The van der Waals surface area contributed by atoms with Crippen LogP contribution >= 0.6 is 12.4 Å². The van der Waals surface area contributed by atoms with Gasteiger partial charge in [-0.25, -0.2) is 0 Å². The lowest BCUT2D eigenvalue weighted by molar-refractivity contribution is 0.0207. The van der Waals surface area contributed by atoms with Gasteiger partial charge >= 0.3 is 0 Å². The Hall–Kier alpha value is -1.05. The molecule has 0 saturated heterocycles. The fourth-order valence-corrected chi connectivity index (χ4v) is 3.66. The number of ether oxygens (including phenoxy) is 2. The molecule has 1 aromatic carbocycles. The summed E-state index contributed by atoms with van der Waals surface area (Å²) < 4.78 is 11.5. The van der Waals surface area contributed by atoms with Gasteiger partial charge in [0.1, 0.15) is 0 Å². The number of aliphatic hydroxyl groups excluding tert-OH is 3. The first kappa shape index (κ1) is 24.0. The number of β-amino-alcohol motifs (C(OH)–C–C–N with tert-alkyl or cyclic N) is 1. The summed E-state index contributed by atoms with van der Waals surface area (Å²) >= 11 is 0. The Balaban J connectivity index is 0.00000364. The molecule has 1 aromatic rings. The molecule has 7 heteroatoms. The van der Waals surface area contributed by atoms with Crippen LogP contribution in [0.3, 0.4) is 0 Å². The zero-order valence-electron chi connectivity index (χ0n) is 16.6. The van der Waals surface area contributed by atoms with Crippen molar-refractivity contribution in [3.05, 3.63) is 23.3 Å². The van der Waals surface area contributed by atoms with Crippen molar-refractivity contribution in [1.82, 2.24) is 4.90 Å². The molecule has 0 spiro atoms. The summed E-state index contributed by atoms with van der Waals surface area (Å²) in [5.41, 5.74) is 2.19. The number of halogens is 1. The van der Waals surface area contributed by atoms with E-state index in [0.717, 1.165) is 29.8 Å². The van der Waals surface area contributed by atoms with Crippen molar-refractivity contribution in [1.29, 1.82) is 0 Å². The molecule has 3 N–H and O–H groups in total. The molecule has 0 radical (unpaired) electrons. The average Bonchev–Trinajstić information content (AvgIpc) is 2.65. The lowest BCUT2D eigenvalue weighted by atomic mass is 9.84. The molecule has 0 amide bonds. The lowest BCUT2D eigenvalue weighted by Gasteiger charge is -2.42. The lowest BCUT2D eigenvalue weighted by Crippen LogP contribution is -2.44. The van der Waals surface area contributed by atoms with Gasteiger partial charge in [0, 0.05) is 38.3 Å². The van der Waals surface area contributed by atoms with E-state index in [2.05, 4.69) is 4.90 Å². The van der Waals surface area contributed by atoms with E-state index in [1.807, 2.05) is 32.9 Å². The Morgan fingerprint density at radius 2 is 1.67 bits per heavy atom. The molecule has 0 saturated carbocycles. The Morgan fingerprint density at radius 1 is 1.07 bits per heavy atom. The Bertz CT molecular complexity index is 568. The van der Waals surface area contributed by atoms with E-state index >= 15 is 0 Å². The maximum atomic E-state index is 10.1. The van der Waals surface area contributed by atoms with Crippen molar-refractivity contribution >= 4 is 12.4 Å². The number of aliphatic hydroxyl groups is 3. The third kappa shape index (κ3) is 5.72. The molecule has 6 nitrogen and oxygen atoms in total. The second-order valence-electron chi connectivity index (χ2n) is 6.74. The van der Waals surface area contributed by atoms with Crippen LogP contribution in [0, 0.1) is 5.92 Å². The molecule has 0 aromatic heterocycles. The first-order valence-corrected chi connectivity index (χ1v) is 9.65. The van der Waals surface area contributed by atoms with Gasteiger partial charge in [0.25, 0.3) is 0 Å². The topological polar surface area (TPSA) is 82.4 Å². The first-order valence-electron chi connectivity index (χ1n) is 9.65. The number of hydrogen-bond acceptors (Lipinski definition) is 6. The largest absolute Gasteiger partial charge is 0.490 e. The highest BCUT2D eigenvalue weighted by Gasteiger charge is 2.35. The van der Waals surface area contributed by atoms with Crippen molar-refractivity contribution < 1.29 is 24.8 Å². The number of nitrogens with zero attached hydrogens (tertiary/aromatic N) is 1. The van der Waals surface area contributed by atoms with Crippen LogP contribution in [0.15, 0.2) is 12.1 Å². The van der Waals surface area contributed by atoms with Crippen LogP contribution < -0.4 is 9.47 Å². The van der Waals surface area contributed by atoms with E-state index in [1.54, 1.807) is 0 Å². The SMILES string of the molecule is CCOc1cc2c(cc1OCC)C(C(CO)CO)N(CC(O)CC)CC2.Cl. The number of hydrogen-bond donors (Lipinski definition) is 3. The maximum absolute atomic E-state index is 10.1. The maximum Gasteiger partial charge on any atom is 0.161 e. The normalized spacial score (nSPS) is 18.0. The average molecular weight is 404 g/mol. The van der Waals surface area contributed by atoms with E-state index in [4.69, 9.17) is 9.47 Å². The molecule has 1 aliphatic heterocycles. The molecule has 1 aliphatic rings. The summed E-state index contributed by atoms with van der Waals surface area (Å²) in [6, 6.07) is 3.85. The van der Waals surface area contributed by atoms with Crippen molar-refractivity contribution in [2.24, 2.45) is 5.92 Å². The summed E-state index contributed by atoms with van der Waals surface area (Å²) in [5, 5.41) is 29.8. The van der Waals surface area contributed by atoms with Crippen molar-refractivity contribution in [3.8, 4) is 11.5 Å². The molecule has 1 heterocycles. The molecule has 0 fully saturated rings. The van der Waals surface area contributed by atoms with Gasteiger partial charge in [-0.2, -0.15) is 0 Å². The Labute approximate surface area is 168 Å². The van der Waals surface area contributed by atoms with Crippen LogP contribution in [-0.4, -0.2) is 65.8 Å². The molecule has 0 aliphatic carbocycles. The minimum atomic E-state index is -0.425. The standard InChI is InChI=1S/C20H33NO5.ClH/c1-4-16(24)11-21-8-7-14-9-18(25-5-2)19(26-6-3)10-17(14)20(21)15(12-22)13-23;/h9-10,15-16,20,22-24H,4-8,11-13H2,1-3H3;1H. The third-order valence-corrected chi connectivity index (χ3v) is 5.02. The van der Waals surface area contributed by atoms with Crippen LogP contribution in [0.5, 0.6) is 11.5 Å². The second kappa shape index (κ2) is 11.7. The molecule has 2 unspecified atom stereocenters. The quantitative estimate of drug-likeness (QED) is 0.555. The minimum Gasteiger partial charge on any atom is -0.490 e. The predicted octanol–water partition coefficient (Wildman–Crippen LogP) is 2.18. The summed E-state index contributed by atoms with van der Waals surface area (Å²) in [6.45, 7) is 7.99. The summed E-state index contributed by atoms with van der Waals surface area (Å²) in [5.74, 6) is 1.11. The molecule has 156 valence electrons. The van der Waals surface area contributed by atoms with Crippen LogP contribution in [-0.2, 0) is 6.42 Å². The smallest absolute Gasteiger partial charge is 0.161 e. The summed E-state index contributed by atoms with van der Waals surface area (Å²) in [6.07, 6.45) is 1.08. The van der Waals surface area contributed by atoms with E-state index < -0.39 is 6.10 Å². The van der Waals surface area contributed by atoms with Gasteiger partial charge in [-0.3, -0.25) is 4.90 Å². The van der Waals surface area contributed by atoms with Crippen LogP contribution in [0.25, 0.3) is 0 Å². The highest BCUT2D eigenvalue weighted by atomic mass is 35.5. The van der Waals surface area contributed by atoms with Crippen molar-refractivity contribution in [3.63, 3.8) is 0 Å². The van der Waals surface area contributed by atoms with E-state index in [0.29, 0.717) is 31.9 Å². The zero-order valence-corrected chi connectivity index (χ0v) is 17.4. The highest BCUT2D eigenvalue weighted by Crippen LogP contribution is 2.41. The van der Waals surface area contributed by atoms with Gasteiger partial charge in [0.2, 0.25) is 0 Å². The number of fused-ring (bicyclic) bond motifs is 1. The minimum absolute atomic E-state index is 0. The molecule has 2 rings (SSSR count). The van der Waals surface area contributed by atoms with Gasteiger partial charge < -0.3 is 24.8 Å². The van der Waals surface area contributed by atoms with E-state index in [9.17, 15) is 15.3 Å². The molecule has 2 atom stereocenters. The van der Waals surface area contributed by atoms with Gasteiger partial charge in [0.15, 0.2) is 11.5 Å². The van der Waals surface area contributed by atoms with Crippen LogP contribution in [0.4, 0.5) is 0 Å². The summed E-state index contributed by atoms with van der Waals surface area (Å²) in [4.78, 5) is 2.17. The van der Waals surface area contributed by atoms with Crippen molar-refractivity contribution in [2.75, 3.05) is 39.5 Å². The highest BCUT2D eigenvalue weighted by molar-refractivity contribution is 5.85. The molecular weight excluding hydrogens is 370 g/mol. The van der Waals surface area contributed by atoms with Gasteiger partial charge in [0.05, 0.1) is 19.3 Å². The predicted molar refractivity (Wildman–Crippen MR) is 108 cm³/mol. The summed E-state index contributed by atoms with van der Waals surface area (Å²) in [7, 11) is 0. The Morgan fingerprint density at radius 3 is 2.19 bits per heavy atom. The Kier molecular flexibility index (Phi) is 10.4. The number of benzene rings is 1. The second-order valence-corrected chi connectivity index (χ2v) is 6.74. The molecule has 27 heavy (non-hydrogen) atoms. The fourth-order valence-electron chi connectivity index (χ4n) is 3.66. The number of rotatable bonds is 10. The van der Waals surface area contributed by atoms with Gasteiger partial charge in [-0.05, 0) is 49.9 Å². The van der Waals surface area contributed by atoms with Crippen molar-refractivity contribution in [2.45, 2.75) is 45.8 Å². The monoisotopic (exact) mass is 403 g/mol. The van der Waals surface area contributed by atoms with Crippen LogP contribution in [0.1, 0.15) is 44.4 Å². The first-order chi connectivity index (χ1) is 12.6. The fraction of sp³-hybridized carbons (Fsp3) is 0.700.